The van der Waals surface area contributed by atoms with Crippen molar-refractivity contribution in [2.24, 2.45) is 5.10 Å². The van der Waals surface area contributed by atoms with Gasteiger partial charge in [-0.3, -0.25) is 25.0 Å². The number of hydrogen-bond donors (Lipinski definition) is 0. The zero-order valence-corrected chi connectivity index (χ0v) is 19.9. The van der Waals surface area contributed by atoms with Gasteiger partial charge in [-0.05, 0) is 13.0 Å². The summed E-state index contributed by atoms with van der Waals surface area (Å²) in [6, 6.07) is 21.0. The highest BCUT2D eigenvalue weighted by atomic mass is 16.6. The lowest BCUT2D eigenvalue weighted by atomic mass is 10.0. The number of anilines is 1. The largest absolute Gasteiger partial charge is 0.281 e. The Morgan fingerprint density at radius 3 is 1.92 bits per heavy atom. The maximum absolute atomic E-state index is 13.5. The summed E-state index contributed by atoms with van der Waals surface area (Å²) in [5.74, 6) is -1.16. The fraction of sp³-hybridized carbons (Fsp3) is 0.0385. The van der Waals surface area contributed by atoms with Crippen molar-refractivity contribution < 1.29 is 14.6 Å². The maximum atomic E-state index is 13.5. The fourth-order valence-electron chi connectivity index (χ4n) is 3.43. The number of nitro benzene ring substituents is 2. The second-order valence-electron chi connectivity index (χ2n) is 7.70. The third-order valence-corrected chi connectivity index (χ3v) is 5.18. The highest BCUT2D eigenvalue weighted by Crippen LogP contribution is 2.30. The van der Waals surface area contributed by atoms with E-state index in [4.69, 9.17) is 0 Å². The minimum Gasteiger partial charge on any atom is -0.267 e. The molecule has 0 atom stereocenters. The van der Waals surface area contributed by atoms with Gasteiger partial charge in [0.15, 0.2) is 0 Å². The lowest BCUT2D eigenvalue weighted by Gasteiger charge is -2.16. The predicted octanol–water partition coefficient (Wildman–Crippen LogP) is 5.23. The number of nitrogens with zero attached hydrogens (tertiary/aromatic N) is 7. The van der Waals surface area contributed by atoms with Crippen LogP contribution in [-0.4, -0.2) is 37.1 Å². The van der Waals surface area contributed by atoms with Crippen LogP contribution in [0.5, 0.6) is 0 Å². The molecule has 1 aromatic heterocycles. The van der Waals surface area contributed by atoms with E-state index in [1.54, 1.807) is 19.1 Å². The fourth-order valence-corrected chi connectivity index (χ4v) is 3.43. The molecule has 0 N–H and O–H groups in total. The van der Waals surface area contributed by atoms with E-state index in [1.165, 1.54) is 6.21 Å². The third-order valence-electron chi connectivity index (χ3n) is 5.18. The zero-order valence-electron chi connectivity index (χ0n) is 19.9. The van der Waals surface area contributed by atoms with Crippen LogP contribution in [0.25, 0.3) is 22.5 Å². The second-order valence-corrected chi connectivity index (χ2v) is 7.70. The molecule has 12 heteroatoms. The Morgan fingerprint density at radius 2 is 1.39 bits per heavy atom. The number of nitro groups is 2. The summed E-state index contributed by atoms with van der Waals surface area (Å²) >= 11 is 0. The maximum Gasteiger partial charge on any atom is 0.281 e. The standard InChI is InChI=1S/C26H19N7O5/c1-2-3-14-27-31(25(34)20-15-21(32(35)36)17-22(16-20)33(37)38)26-28-23(18-10-6-4-7-11-18)24(29-30-26)19-12-8-5-9-13-19/h2-17H,1H3/b3-2-,27-14+. The SMILES string of the molecule is C/C=C\C=N\N(C(=O)c1cc([N+](=O)[O-])cc([N+](=O)[O-])c1)c1nnc(-c2ccccc2)c(-c2ccccc2)n1. The molecule has 188 valence electrons. The summed E-state index contributed by atoms with van der Waals surface area (Å²) in [5, 5.41) is 36.1. The first-order chi connectivity index (χ1) is 18.4. The number of allylic oxidation sites excluding steroid dienone is 2. The zero-order chi connectivity index (χ0) is 27.1. The molecule has 0 fully saturated rings. The lowest BCUT2D eigenvalue weighted by molar-refractivity contribution is -0.394. The van der Waals surface area contributed by atoms with Crippen LogP contribution in [0.2, 0.25) is 0 Å². The van der Waals surface area contributed by atoms with Gasteiger partial charge in [0.1, 0.15) is 11.4 Å². The number of rotatable bonds is 8. The van der Waals surface area contributed by atoms with Gasteiger partial charge in [0.05, 0.1) is 21.5 Å². The van der Waals surface area contributed by atoms with Crippen molar-refractivity contribution in [3.05, 3.63) is 117 Å². The van der Waals surface area contributed by atoms with E-state index < -0.39 is 27.1 Å². The molecule has 12 nitrogen and oxygen atoms in total. The Morgan fingerprint density at radius 1 is 0.842 bits per heavy atom. The van der Waals surface area contributed by atoms with Crippen molar-refractivity contribution in [3.8, 4) is 22.5 Å². The van der Waals surface area contributed by atoms with Gasteiger partial charge in [0.25, 0.3) is 23.2 Å². The highest BCUT2D eigenvalue weighted by molar-refractivity contribution is 6.06. The molecule has 0 spiro atoms. The summed E-state index contributed by atoms with van der Waals surface area (Å²) < 4.78 is 0. The summed E-state index contributed by atoms with van der Waals surface area (Å²) in [5.41, 5.74) is 0.704. The van der Waals surface area contributed by atoms with Gasteiger partial charge in [0.2, 0.25) is 0 Å². The van der Waals surface area contributed by atoms with Crippen molar-refractivity contribution in [1.29, 1.82) is 0 Å². The number of non-ortho nitro benzene ring substituents is 2. The average Bonchev–Trinajstić information content (AvgIpc) is 2.95. The van der Waals surface area contributed by atoms with E-state index in [0.717, 1.165) is 28.8 Å². The number of hydrazone groups is 1. The molecule has 0 saturated carbocycles. The Labute approximate surface area is 215 Å². The summed E-state index contributed by atoms with van der Waals surface area (Å²) in [6.45, 7) is 1.74. The van der Waals surface area contributed by atoms with Crippen LogP contribution in [-0.2, 0) is 0 Å². The number of amides is 1. The Balaban J connectivity index is 1.89. The normalized spacial score (nSPS) is 11.1. The molecule has 3 aromatic carbocycles. The van der Waals surface area contributed by atoms with Crippen LogP contribution >= 0.6 is 0 Å². The van der Waals surface area contributed by atoms with Crippen molar-refractivity contribution >= 4 is 29.4 Å². The number of hydrogen-bond acceptors (Lipinski definition) is 9. The van der Waals surface area contributed by atoms with Gasteiger partial charge in [-0.25, -0.2) is 4.98 Å². The minimum atomic E-state index is -0.925. The van der Waals surface area contributed by atoms with E-state index in [0.29, 0.717) is 17.0 Å². The van der Waals surface area contributed by atoms with Crippen molar-refractivity contribution in [1.82, 2.24) is 15.2 Å². The summed E-state index contributed by atoms with van der Waals surface area (Å²) in [6.07, 6.45) is 4.50. The molecule has 0 aliphatic rings. The lowest BCUT2D eigenvalue weighted by Crippen LogP contribution is -2.28. The van der Waals surface area contributed by atoms with Crippen LogP contribution < -0.4 is 5.01 Å². The Hall–Kier alpha value is -5.65. The van der Waals surface area contributed by atoms with Gasteiger partial charge in [-0.15, -0.1) is 10.2 Å². The second kappa shape index (κ2) is 11.4. The van der Waals surface area contributed by atoms with Gasteiger partial charge in [-0.1, -0.05) is 66.7 Å². The molecule has 38 heavy (non-hydrogen) atoms. The molecular weight excluding hydrogens is 490 g/mol. The summed E-state index contributed by atoms with van der Waals surface area (Å²) in [4.78, 5) is 39.2. The molecule has 0 saturated heterocycles. The molecule has 0 unspecified atom stereocenters. The first kappa shape index (κ1) is 25.4. The van der Waals surface area contributed by atoms with E-state index in [1.807, 2.05) is 60.7 Å². The molecule has 4 aromatic rings. The van der Waals surface area contributed by atoms with Gasteiger partial charge >= 0.3 is 0 Å². The number of carbonyl (C=O) groups excluding carboxylic acids is 1. The van der Waals surface area contributed by atoms with E-state index in [9.17, 15) is 25.0 Å². The first-order valence-corrected chi connectivity index (χ1v) is 11.2. The van der Waals surface area contributed by atoms with Crippen molar-refractivity contribution in [2.75, 3.05) is 5.01 Å². The quantitative estimate of drug-likeness (QED) is 0.177. The molecule has 0 radical (unpaired) electrons. The molecule has 4 rings (SSSR count). The first-order valence-electron chi connectivity index (χ1n) is 11.2. The van der Waals surface area contributed by atoms with Crippen LogP contribution in [0.1, 0.15) is 17.3 Å². The average molecular weight is 509 g/mol. The number of aromatic nitrogens is 3. The van der Waals surface area contributed by atoms with E-state index in [2.05, 4.69) is 20.3 Å². The Bertz CT molecular complexity index is 1530. The predicted molar refractivity (Wildman–Crippen MR) is 141 cm³/mol. The molecule has 0 bridgehead atoms. The van der Waals surface area contributed by atoms with Crippen LogP contribution in [0.4, 0.5) is 17.3 Å². The summed E-state index contributed by atoms with van der Waals surface area (Å²) in [7, 11) is 0. The molecule has 1 amide bonds. The molecule has 0 aliphatic heterocycles. The minimum absolute atomic E-state index is 0.233. The van der Waals surface area contributed by atoms with Crippen molar-refractivity contribution in [2.45, 2.75) is 6.92 Å². The van der Waals surface area contributed by atoms with Crippen LogP contribution in [0.15, 0.2) is 96.1 Å². The topological polar surface area (TPSA) is 158 Å². The van der Waals surface area contributed by atoms with Gasteiger partial charge < -0.3 is 0 Å². The number of benzene rings is 3. The van der Waals surface area contributed by atoms with Gasteiger partial charge in [-0.2, -0.15) is 10.1 Å². The van der Waals surface area contributed by atoms with E-state index >= 15 is 0 Å². The van der Waals surface area contributed by atoms with Crippen LogP contribution in [0.3, 0.4) is 0 Å². The Kier molecular flexibility index (Phi) is 7.63. The monoisotopic (exact) mass is 509 g/mol. The van der Waals surface area contributed by atoms with Crippen molar-refractivity contribution in [3.63, 3.8) is 0 Å². The third kappa shape index (κ3) is 5.60. The van der Waals surface area contributed by atoms with Crippen LogP contribution in [0, 0.1) is 20.2 Å². The molecule has 0 aliphatic carbocycles. The highest BCUT2D eigenvalue weighted by Gasteiger charge is 2.27. The van der Waals surface area contributed by atoms with E-state index in [-0.39, 0.29) is 11.5 Å². The van der Waals surface area contributed by atoms with Gasteiger partial charge in [0, 0.05) is 29.5 Å². The molecule has 1 heterocycles. The molecular formula is C26H19N7O5. The smallest absolute Gasteiger partial charge is 0.267 e. The number of carbonyl (C=O) groups is 1.